The van der Waals surface area contributed by atoms with Crippen LogP contribution in [-0.2, 0) is 16.1 Å². The predicted octanol–water partition coefficient (Wildman–Crippen LogP) is 8.26. The van der Waals surface area contributed by atoms with E-state index < -0.39 is 12.0 Å². The number of carbonyl (C=O) groups is 1. The van der Waals surface area contributed by atoms with E-state index in [4.69, 9.17) is 26.1 Å². The maximum Gasteiger partial charge on any atom is 0.338 e. The number of benzene rings is 4. The Morgan fingerprint density at radius 1 is 1.09 bits per heavy atom. The Balaban J connectivity index is 1.55. The predicted molar refractivity (Wildman–Crippen MR) is 202 cm³/mol. The highest BCUT2D eigenvalue weighted by molar-refractivity contribution is 14.1. The van der Waals surface area contributed by atoms with Crippen LogP contribution in [0, 0.1) is 3.57 Å². The number of thiazole rings is 1. The summed E-state index contributed by atoms with van der Waals surface area (Å²) < 4.78 is 15.7. The molecule has 1 atom stereocenters. The van der Waals surface area contributed by atoms with Crippen LogP contribution in [0.25, 0.3) is 11.8 Å². The van der Waals surface area contributed by atoms with E-state index in [0.29, 0.717) is 38.0 Å². The third-order valence-corrected chi connectivity index (χ3v) is 10.7. The number of carbonyl (C=O) groups excluding carboxylic acids is 1. The van der Waals surface area contributed by atoms with E-state index in [9.17, 15) is 9.59 Å². The lowest BCUT2D eigenvalue weighted by molar-refractivity contribution is -0.138. The summed E-state index contributed by atoms with van der Waals surface area (Å²) in [7, 11) is 0. The number of halogens is 3. The molecule has 1 aliphatic heterocycles. The van der Waals surface area contributed by atoms with Gasteiger partial charge in [0.1, 0.15) is 12.4 Å². The standard InChI is InChI=1S/C36H27BrClIN2O4S2/c1-3-44-35(43)30-31(22-7-5-4-6-8-22)40-36-41(32(30)23-11-15-27(46-2)16-12-23)34(42)29(47-36)18-24-17-25(37)19-28(39)33(24)45-20-21-9-13-26(38)14-10-21/h4-19,32H,3,20H2,1-2H3/b29-18-/t32-/m0/s1. The second kappa shape index (κ2) is 14.9. The first-order valence-electron chi connectivity index (χ1n) is 14.6. The molecule has 0 saturated heterocycles. The zero-order valence-corrected chi connectivity index (χ0v) is 31.3. The molecule has 5 aromatic rings. The zero-order valence-electron chi connectivity index (χ0n) is 25.2. The minimum absolute atomic E-state index is 0.188. The summed E-state index contributed by atoms with van der Waals surface area (Å²) >= 11 is 14.8. The molecule has 6 nitrogen and oxygen atoms in total. The average Bonchev–Trinajstić information content (AvgIpc) is 3.38. The third-order valence-electron chi connectivity index (χ3n) is 7.43. The van der Waals surface area contributed by atoms with Gasteiger partial charge in [-0.2, -0.15) is 0 Å². The molecule has 4 aromatic carbocycles. The van der Waals surface area contributed by atoms with E-state index in [0.717, 1.165) is 35.2 Å². The summed E-state index contributed by atoms with van der Waals surface area (Å²) in [5.74, 6) is 0.138. The van der Waals surface area contributed by atoms with E-state index in [1.165, 1.54) is 11.3 Å². The van der Waals surface area contributed by atoms with Crippen LogP contribution in [0.3, 0.4) is 0 Å². The van der Waals surface area contributed by atoms with Gasteiger partial charge < -0.3 is 9.47 Å². The van der Waals surface area contributed by atoms with E-state index in [1.54, 1.807) is 23.3 Å². The van der Waals surface area contributed by atoms with Gasteiger partial charge in [0.25, 0.3) is 5.56 Å². The van der Waals surface area contributed by atoms with Crippen molar-refractivity contribution >= 4 is 91.0 Å². The molecule has 238 valence electrons. The fourth-order valence-electron chi connectivity index (χ4n) is 5.26. The molecule has 1 aromatic heterocycles. The van der Waals surface area contributed by atoms with Gasteiger partial charge in [0.15, 0.2) is 4.80 Å². The quantitative estimate of drug-likeness (QED) is 0.0849. The second-order valence-corrected chi connectivity index (χ2v) is 14.8. The van der Waals surface area contributed by atoms with Gasteiger partial charge in [-0.1, -0.05) is 93.5 Å². The first kappa shape index (κ1) is 33.7. The fourth-order valence-corrected chi connectivity index (χ4v) is 8.49. The van der Waals surface area contributed by atoms with E-state index >= 15 is 0 Å². The Bertz CT molecular complexity index is 2170. The molecular formula is C36H27BrClIN2O4S2. The Kier molecular flexibility index (Phi) is 10.7. The van der Waals surface area contributed by atoms with Crippen LogP contribution in [-0.4, -0.2) is 23.4 Å². The first-order valence-corrected chi connectivity index (χ1v) is 18.8. The number of nitrogens with zero attached hydrogens (tertiary/aromatic N) is 2. The minimum atomic E-state index is -0.748. The summed E-state index contributed by atoms with van der Waals surface area (Å²) in [6.45, 7) is 2.28. The van der Waals surface area contributed by atoms with Crippen molar-refractivity contribution in [1.29, 1.82) is 0 Å². The molecule has 0 spiro atoms. The van der Waals surface area contributed by atoms with Crippen LogP contribution >= 0.6 is 73.2 Å². The van der Waals surface area contributed by atoms with Crippen molar-refractivity contribution in [3.05, 3.63) is 152 Å². The molecule has 1 aliphatic rings. The monoisotopic (exact) mass is 856 g/mol. The van der Waals surface area contributed by atoms with Crippen LogP contribution in [0.4, 0.5) is 0 Å². The van der Waals surface area contributed by atoms with Crippen LogP contribution in [0.5, 0.6) is 5.75 Å². The van der Waals surface area contributed by atoms with Crippen LogP contribution < -0.4 is 19.6 Å². The molecule has 0 fully saturated rings. The first-order chi connectivity index (χ1) is 22.8. The molecule has 0 radical (unpaired) electrons. The smallest absolute Gasteiger partial charge is 0.338 e. The highest BCUT2D eigenvalue weighted by atomic mass is 127. The van der Waals surface area contributed by atoms with Crippen molar-refractivity contribution in [2.45, 2.75) is 24.5 Å². The number of thioether (sulfide) groups is 1. The van der Waals surface area contributed by atoms with Gasteiger partial charge in [0.05, 0.1) is 32.0 Å². The van der Waals surface area contributed by atoms with E-state index in [-0.39, 0.29) is 12.2 Å². The van der Waals surface area contributed by atoms with Gasteiger partial charge in [-0.25, -0.2) is 9.79 Å². The third kappa shape index (κ3) is 7.31. The van der Waals surface area contributed by atoms with Gasteiger partial charge in [0, 0.05) is 25.5 Å². The molecular weight excluding hydrogens is 831 g/mol. The Morgan fingerprint density at radius 2 is 1.81 bits per heavy atom. The molecule has 47 heavy (non-hydrogen) atoms. The number of hydrogen-bond donors (Lipinski definition) is 0. The Morgan fingerprint density at radius 3 is 2.49 bits per heavy atom. The number of hydrogen-bond acceptors (Lipinski definition) is 7. The zero-order chi connectivity index (χ0) is 33.1. The lowest BCUT2D eigenvalue weighted by Gasteiger charge is -2.26. The summed E-state index contributed by atoms with van der Waals surface area (Å²) in [4.78, 5) is 34.7. The average molecular weight is 858 g/mol. The molecule has 0 N–H and O–H groups in total. The molecule has 0 saturated carbocycles. The minimum Gasteiger partial charge on any atom is -0.487 e. The maximum absolute atomic E-state index is 14.4. The maximum atomic E-state index is 14.4. The number of ether oxygens (including phenoxy) is 2. The van der Waals surface area contributed by atoms with Crippen LogP contribution in [0.1, 0.15) is 35.2 Å². The van der Waals surface area contributed by atoms with Gasteiger partial charge >= 0.3 is 5.97 Å². The van der Waals surface area contributed by atoms with Crippen molar-refractivity contribution in [3.63, 3.8) is 0 Å². The normalized spacial score (nSPS) is 14.5. The Labute approximate surface area is 307 Å². The summed E-state index contributed by atoms with van der Waals surface area (Å²) in [5.41, 5.74) is 3.78. The number of fused-ring (bicyclic) bond motifs is 1. The van der Waals surface area contributed by atoms with E-state index in [2.05, 4.69) is 38.5 Å². The van der Waals surface area contributed by atoms with Gasteiger partial charge in [-0.3, -0.25) is 9.36 Å². The number of aromatic nitrogens is 1. The lowest BCUT2D eigenvalue weighted by Crippen LogP contribution is -2.40. The molecule has 6 rings (SSSR count). The van der Waals surface area contributed by atoms with Crippen molar-refractivity contribution in [1.82, 2.24) is 4.57 Å². The number of rotatable bonds is 9. The largest absolute Gasteiger partial charge is 0.487 e. The van der Waals surface area contributed by atoms with Crippen molar-refractivity contribution in [3.8, 4) is 5.75 Å². The Hall–Kier alpha value is -3.16. The summed E-state index contributed by atoms with van der Waals surface area (Å²) in [6, 6.07) is 28.1. The topological polar surface area (TPSA) is 69.9 Å². The molecule has 0 aliphatic carbocycles. The molecule has 2 heterocycles. The van der Waals surface area contributed by atoms with Crippen molar-refractivity contribution in [2.75, 3.05) is 12.9 Å². The van der Waals surface area contributed by atoms with Gasteiger partial charge in [-0.15, -0.1) is 11.8 Å². The molecule has 0 unspecified atom stereocenters. The summed E-state index contributed by atoms with van der Waals surface area (Å²) in [6.07, 6.45) is 3.84. The highest BCUT2D eigenvalue weighted by Crippen LogP contribution is 2.36. The number of esters is 1. The second-order valence-electron chi connectivity index (χ2n) is 10.4. The van der Waals surface area contributed by atoms with Gasteiger partial charge in [0.2, 0.25) is 0 Å². The fraction of sp³-hybridized carbons (Fsp3) is 0.139. The van der Waals surface area contributed by atoms with Gasteiger partial charge in [-0.05, 0) is 89.4 Å². The summed E-state index contributed by atoms with van der Waals surface area (Å²) in [5, 5.41) is 0.656. The SMILES string of the molecule is CCOC(=O)C1=C(c2ccccc2)N=c2s/c(=C\c3cc(Br)cc(I)c3OCc3ccc(Cl)cc3)c(=O)n2[C@H]1c1ccc(SC)cc1. The van der Waals surface area contributed by atoms with Crippen LogP contribution in [0.2, 0.25) is 5.02 Å². The van der Waals surface area contributed by atoms with Crippen molar-refractivity contribution in [2.24, 2.45) is 4.99 Å². The van der Waals surface area contributed by atoms with Crippen molar-refractivity contribution < 1.29 is 14.3 Å². The highest BCUT2D eigenvalue weighted by Gasteiger charge is 2.35. The van der Waals surface area contributed by atoms with Crippen LogP contribution in [0.15, 0.2) is 116 Å². The molecule has 11 heteroatoms. The van der Waals surface area contributed by atoms with E-state index in [1.807, 2.05) is 103 Å². The molecule has 0 amide bonds. The molecule has 0 bridgehead atoms. The lowest BCUT2D eigenvalue weighted by atomic mass is 9.93.